The Balaban J connectivity index is 1.17. The van der Waals surface area contributed by atoms with E-state index in [-0.39, 0.29) is 29.7 Å². The van der Waals surface area contributed by atoms with Crippen LogP contribution in [0.1, 0.15) is 30.2 Å². The maximum atomic E-state index is 12.8. The van der Waals surface area contributed by atoms with Crippen LogP contribution in [0.25, 0.3) is 10.2 Å². The van der Waals surface area contributed by atoms with Crippen molar-refractivity contribution in [1.29, 1.82) is 0 Å². The maximum Gasteiger partial charge on any atom is 0.240 e. The van der Waals surface area contributed by atoms with Gasteiger partial charge in [0.25, 0.3) is 0 Å². The van der Waals surface area contributed by atoms with E-state index in [1.54, 1.807) is 17.4 Å². The van der Waals surface area contributed by atoms with Crippen molar-refractivity contribution < 1.29 is 22.7 Å². The number of ether oxygens (including phenoxy) is 2. The number of carbonyl (C=O) groups is 1. The molecule has 0 saturated carbocycles. The molecule has 1 amide bonds. The summed E-state index contributed by atoms with van der Waals surface area (Å²) in [5, 5.41) is 1.06. The van der Waals surface area contributed by atoms with E-state index in [4.69, 9.17) is 14.5 Å². The number of amides is 1. The molecular weight excluding hydrogens is 462 g/mol. The third-order valence-corrected chi connectivity index (χ3v) is 8.55. The first-order valence-corrected chi connectivity index (χ1v) is 13.3. The number of sulfonamides is 1. The molecule has 3 aromatic rings. The van der Waals surface area contributed by atoms with Gasteiger partial charge in [0, 0.05) is 38.0 Å². The summed E-state index contributed by atoms with van der Waals surface area (Å²) in [4.78, 5) is 19.5. The lowest BCUT2D eigenvalue weighted by Gasteiger charge is -2.32. The molecule has 5 rings (SSSR count). The molecule has 1 saturated heterocycles. The van der Waals surface area contributed by atoms with E-state index in [9.17, 15) is 13.2 Å². The molecule has 0 bridgehead atoms. The van der Waals surface area contributed by atoms with Crippen LogP contribution in [-0.4, -0.2) is 57.1 Å². The van der Waals surface area contributed by atoms with E-state index in [1.165, 1.54) is 12.1 Å². The smallest absolute Gasteiger partial charge is 0.240 e. The Morgan fingerprint density at radius 3 is 2.82 bits per heavy atom. The minimum atomic E-state index is -3.75. The summed E-state index contributed by atoms with van der Waals surface area (Å²) < 4.78 is 39.9. The van der Waals surface area contributed by atoms with Gasteiger partial charge in [-0.05, 0) is 37.1 Å². The lowest BCUT2D eigenvalue weighted by molar-refractivity contribution is -0.132. The molecule has 2 aliphatic heterocycles. The summed E-state index contributed by atoms with van der Waals surface area (Å²) >= 11 is 1.69. The van der Waals surface area contributed by atoms with Crippen molar-refractivity contribution in [3.63, 3.8) is 0 Å². The first-order valence-electron chi connectivity index (χ1n) is 11.0. The second-order valence-electron chi connectivity index (χ2n) is 8.15. The SMILES string of the molecule is O=C(CCNS(=O)(=O)c1ccc2c(c1)OCCO2)N1CCC[C@@H](c2nc3ccccc3s2)C1. The Morgan fingerprint density at radius 1 is 1.15 bits per heavy atom. The number of rotatable bonds is 6. The van der Waals surface area contributed by atoms with Crippen LogP contribution >= 0.6 is 11.3 Å². The first kappa shape index (κ1) is 22.1. The summed E-state index contributed by atoms with van der Waals surface area (Å²) in [5.74, 6) is 1.11. The van der Waals surface area contributed by atoms with E-state index >= 15 is 0 Å². The minimum Gasteiger partial charge on any atom is -0.486 e. The number of fused-ring (bicyclic) bond motifs is 2. The molecule has 3 heterocycles. The van der Waals surface area contributed by atoms with Crippen LogP contribution in [-0.2, 0) is 14.8 Å². The van der Waals surface area contributed by atoms with Gasteiger partial charge in [-0.2, -0.15) is 0 Å². The maximum absolute atomic E-state index is 12.8. The number of likely N-dealkylation sites (tertiary alicyclic amines) is 1. The van der Waals surface area contributed by atoms with Gasteiger partial charge in [-0.1, -0.05) is 12.1 Å². The topological polar surface area (TPSA) is 97.8 Å². The van der Waals surface area contributed by atoms with Crippen LogP contribution in [0, 0.1) is 0 Å². The summed E-state index contributed by atoms with van der Waals surface area (Å²) in [7, 11) is -3.75. The summed E-state index contributed by atoms with van der Waals surface area (Å²) in [5.41, 5.74) is 0.995. The van der Waals surface area contributed by atoms with E-state index in [2.05, 4.69) is 10.8 Å². The van der Waals surface area contributed by atoms with Gasteiger partial charge in [0.15, 0.2) is 11.5 Å². The lowest BCUT2D eigenvalue weighted by Crippen LogP contribution is -2.40. The molecule has 10 heteroatoms. The van der Waals surface area contributed by atoms with Crippen LogP contribution < -0.4 is 14.2 Å². The van der Waals surface area contributed by atoms with Gasteiger partial charge in [0.2, 0.25) is 15.9 Å². The van der Waals surface area contributed by atoms with Gasteiger partial charge in [-0.3, -0.25) is 4.79 Å². The number of piperidine rings is 1. The highest BCUT2D eigenvalue weighted by atomic mass is 32.2. The molecule has 8 nitrogen and oxygen atoms in total. The van der Waals surface area contributed by atoms with Gasteiger partial charge in [0.05, 0.1) is 20.1 Å². The highest BCUT2D eigenvalue weighted by Gasteiger charge is 2.27. The van der Waals surface area contributed by atoms with Crippen LogP contribution in [0.4, 0.5) is 0 Å². The van der Waals surface area contributed by atoms with Crippen molar-refractivity contribution in [2.24, 2.45) is 0 Å². The molecule has 0 radical (unpaired) electrons. The van der Waals surface area contributed by atoms with Crippen molar-refractivity contribution in [2.45, 2.75) is 30.1 Å². The van der Waals surface area contributed by atoms with Crippen molar-refractivity contribution in [3.05, 3.63) is 47.5 Å². The summed E-state index contributed by atoms with van der Waals surface area (Å²) in [6, 6.07) is 12.6. The summed E-state index contributed by atoms with van der Waals surface area (Å²) in [6.45, 7) is 2.17. The van der Waals surface area contributed by atoms with Crippen LogP contribution in [0.3, 0.4) is 0 Å². The number of nitrogens with zero attached hydrogens (tertiary/aromatic N) is 2. The molecular formula is C23H25N3O5S2. The first-order chi connectivity index (χ1) is 16.0. The lowest BCUT2D eigenvalue weighted by atomic mass is 9.98. The fourth-order valence-corrected chi connectivity index (χ4v) is 6.33. The third-order valence-electron chi connectivity index (χ3n) is 5.89. The standard InChI is InChI=1S/C23H25N3O5S2/c27-22(9-10-24-33(28,29)17-7-8-19-20(14-17)31-13-12-30-19)26-11-3-4-16(15-26)23-25-18-5-1-2-6-21(18)32-23/h1-2,5-8,14,16,24H,3-4,9-13,15H2/t16-/m1/s1. The average Bonchev–Trinajstić information content (AvgIpc) is 3.28. The number of benzene rings is 2. The van der Waals surface area contributed by atoms with Gasteiger partial charge in [0.1, 0.15) is 13.2 Å². The molecule has 174 valence electrons. The Hall–Kier alpha value is -2.69. The Morgan fingerprint density at radius 2 is 1.97 bits per heavy atom. The fraction of sp³-hybridized carbons (Fsp3) is 0.391. The molecule has 2 aliphatic rings. The van der Waals surface area contributed by atoms with Crippen molar-refractivity contribution in [1.82, 2.24) is 14.6 Å². The number of carbonyl (C=O) groups excluding carboxylic acids is 1. The second-order valence-corrected chi connectivity index (χ2v) is 11.0. The quantitative estimate of drug-likeness (QED) is 0.574. The van der Waals surface area contributed by atoms with E-state index < -0.39 is 10.0 Å². The van der Waals surface area contributed by atoms with Gasteiger partial charge < -0.3 is 14.4 Å². The van der Waals surface area contributed by atoms with E-state index in [1.807, 2.05) is 23.1 Å². The van der Waals surface area contributed by atoms with Crippen molar-refractivity contribution >= 4 is 37.5 Å². The molecule has 0 unspecified atom stereocenters. The third kappa shape index (κ3) is 4.83. The van der Waals surface area contributed by atoms with Gasteiger partial charge in [-0.25, -0.2) is 18.1 Å². The Labute approximate surface area is 196 Å². The molecule has 33 heavy (non-hydrogen) atoms. The number of para-hydroxylation sites is 1. The van der Waals surface area contributed by atoms with E-state index in [0.29, 0.717) is 37.8 Å². The molecule has 1 aromatic heterocycles. The number of nitrogens with one attached hydrogen (secondary N) is 1. The zero-order chi connectivity index (χ0) is 22.8. The average molecular weight is 488 g/mol. The highest BCUT2D eigenvalue weighted by molar-refractivity contribution is 7.89. The largest absolute Gasteiger partial charge is 0.486 e. The Kier molecular flexibility index (Phi) is 6.22. The van der Waals surface area contributed by atoms with Crippen molar-refractivity contribution in [3.8, 4) is 11.5 Å². The number of aromatic nitrogens is 1. The molecule has 1 fully saturated rings. The van der Waals surface area contributed by atoms with Crippen LogP contribution in [0.2, 0.25) is 0 Å². The number of thiazole rings is 1. The molecule has 2 aromatic carbocycles. The monoisotopic (exact) mass is 487 g/mol. The van der Waals surface area contributed by atoms with Crippen molar-refractivity contribution in [2.75, 3.05) is 32.8 Å². The predicted octanol–water partition coefficient (Wildman–Crippen LogP) is 3.14. The zero-order valence-electron chi connectivity index (χ0n) is 18.0. The molecule has 0 aliphatic carbocycles. The summed E-state index contributed by atoms with van der Waals surface area (Å²) in [6.07, 6.45) is 2.02. The molecule has 1 N–H and O–H groups in total. The molecule has 0 spiro atoms. The van der Waals surface area contributed by atoms with Gasteiger partial charge >= 0.3 is 0 Å². The number of hydrogen-bond acceptors (Lipinski definition) is 7. The van der Waals surface area contributed by atoms with Crippen LogP contribution in [0.15, 0.2) is 47.4 Å². The van der Waals surface area contributed by atoms with E-state index in [0.717, 1.165) is 28.1 Å². The highest BCUT2D eigenvalue weighted by Crippen LogP contribution is 2.34. The minimum absolute atomic E-state index is 0.0396. The normalized spacial score (nSPS) is 18.4. The zero-order valence-corrected chi connectivity index (χ0v) is 19.7. The predicted molar refractivity (Wildman–Crippen MR) is 125 cm³/mol. The van der Waals surface area contributed by atoms with Crippen LogP contribution in [0.5, 0.6) is 11.5 Å². The Bertz CT molecular complexity index is 1240. The molecule has 1 atom stereocenters. The van der Waals surface area contributed by atoms with Gasteiger partial charge in [-0.15, -0.1) is 11.3 Å². The second kappa shape index (κ2) is 9.28. The fourth-order valence-electron chi connectivity index (χ4n) is 4.19. The number of hydrogen-bond donors (Lipinski definition) is 1.